The Kier molecular flexibility index (Phi) is 6.90. The van der Waals surface area contributed by atoms with E-state index in [1.54, 1.807) is 0 Å². The molecule has 1 aliphatic rings. The summed E-state index contributed by atoms with van der Waals surface area (Å²) in [5.41, 5.74) is 4.16. The van der Waals surface area contributed by atoms with E-state index in [9.17, 15) is 24.3 Å². The van der Waals surface area contributed by atoms with Crippen molar-refractivity contribution in [1.29, 1.82) is 0 Å². The summed E-state index contributed by atoms with van der Waals surface area (Å²) in [6.07, 6.45) is 1.97. The molecule has 0 bridgehead atoms. The van der Waals surface area contributed by atoms with Crippen molar-refractivity contribution in [3.05, 3.63) is 12.7 Å². The average molecular weight is 341 g/mol. The molecule has 1 aliphatic heterocycles. The van der Waals surface area contributed by atoms with Crippen LogP contribution >= 0.6 is 0 Å². The Morgan fingerprint density at radius 3 is 2.50 bits per heavy atom. The first-order valence-electron chi connectivity index (χ1n) is 7.65. The van der Waals surface area contributed by atoms with Gasteiger partial charge in [0.1, 0.15) is 11.6 Å². The number of rotatable bonds is 9. The Bertz CT molecular complexity index is 535. The van der Waals surface area contributed by atoms with E-state index in [0.29, 0.717) is 19.4 Å². The molecule has 0 aromatic carbocycles. The Morgan fingerprint density at radius 2 is 2.00 bits per heavy atom. The minimum Gasteiger partial charge on any atom is -0.481 e. The van der Waals surface area contributed by atoms with Gasteiger partial charge in [-0.2, -0.15) is 0 Å². The van der Waals surface area contributed by atoms with Crippen molar-refractivity contribution in [3.8, 4) is 0 Å². The zero-order valence-electron chi connectivity index (χ0n) is 13.4. The number of nitrogens with two attached hydrogens (primary N) is 1. The topological polar surface area (TPSA) is 150 Å². The van der Waals surface area contributed by atoms with E-state index in [2.05, 4.69) is 11.9 Å². The zero-order valence-corrected chi connectivity index (χ0v) is 13.4. The summed E-state index contributed by atoms with van der Waals surface area (Å²) in [6, 6.07) is -1.34. The molecule has 0 aromatic heterocycles. The summed E-state index contributed by atoms with van der Waals surface area (Å²) in [4.78, 5) is 48.0. The van der Waals surface area contributed by atoms with Crippen LogP contribution in [0.5, 0.6) is 0 Å². The SMILES string of the molecule is C=CC[C@]1(C(=O)N[C@H](CCC(=O)O)C(=O)O)CCCN1C(=O)CN. The number of hydrogen-bond donors (Lipinski definition) is 4. The minimum absolute atomic E-state index is 0.163. The second-order valence-electron chi connectivity index (χ2n) is 5.67. The van der Waals surface area contributed by atoms with Gasteiger partial charge in [-0.25, -0.2) is 4.79 Å². The Labute approximate surface area is 139 Å². The van der Waals surface area contributed by atoms with Crippen LogP contribution in [0.15, 0.2) is 12.7 Å². The normalized spacial score (nSPS) is 21.1. The van der Waals surface area contributed by atoms with Gasteiger partial charge in [-0.1, -0.05) is 6.08 Å². The number of carbonyl (C=O) groups is 4. The van der Waals surface area contributed by atoms with Crippen LogP contribution < -0.4 is 11.1 Å². The third kappa shape index (κ3) is 4.31. The minimum atomic E-state index is -1.34. The van der Waals surface area contributed by atoms with Crippen LogP contribution in [0.2, 0.25) is 0 Å². The van der Waals surface area contributed by atoms with Crippen LogP contribution in [0.25, 0.3) is 0 Å². The van der Waals surface area contributed by atoms with Crippen molar-refractivity contribution in [2.24, 2.45) is 5.73 Å². The van der Waals surface area contributed by atoms with Crippen molar-refractivity contribution in [1.82, 2.24) is 10.2 Å². The molecule has 0 radical (unpaired) electrons. The first-order chi connectivity index (χ1) is 11.3. The smallest absolute Gasteiger partial charge is 0.326 e. The lowest BCUT2D eigenvalue weighted by molar-refractivity contribution is -0.148. The summed E-state index contributed by atoms with van der Waals surface area (Å²) in [6.45, 7) is 3.70. The lowest BCUT2D eigenvalue weighted by Crippen LogP contribution is -2.60. The lowest BCUT2D eigenvalue weighted by atomic mass is 9.90. The molecule has 9 heteroatoms. The molecule has 0 aromatic rings. The Balaban J connectivity index is 3.00. The van der Waals surface area contributed by atoms with Crippen LogP contribution in [-0.2, 0) is 19.2 Å². The third-order valence-electron chi connectivity index (χ3n) is 4.12. The van der Waals surface area contributed by atoms with Gasteiger partial charge in [-0.15, -0.1) is 6.58 Å². The quantitative estimate of drug-likeness (QED) is 0.406. The van der Waals surface area contributed by atoms with Gasteiger partial charge in [0.25, 0.3) is 0 Å². The number of carboxylic acids is 2. The fraction of sp³-hybridized carbons (Fsp3) is 0.600. The van der Waals surface area contributed by atoms with Crippen LogP contribution in [0.3, 0.4) is 0 Å². The van der Waals surface area contributed by atoms with Crippen LogP contribution in [0.4, 0.5) is 0 Å². The first-order valence-corrected chi connectivity index (χ1v) is 7.65. The maximum Gasteiger partial charge on any atom is 0.326 e. The highest BCUT2D eigenvalue weighted by molar-refractivity contribution is 5.95. The van der Waals surface area contributed by atoms with Crippen LogP contribution in [-0.4, -0.2) is 63.5 Å². The molecule has 1 saturated heterocycles. The van der Waals surface area contributed by atoms with Crippen LogP contribution in [0.1, 0.15) is 32.1 Å². The fourth-order valence-electron chi connectivity index (χ4n) is 2.95. The predicted octanol–water partition coefficient (Wildman–Crippen LogP) is -0.683. The van der Waals surface area contributed by atoms with Crippen LogP contribution in [0, 0.1) is 0 Å². The molecular formula is C15H23N3O6. The number of likely N-dealkylation sites (tertiary alicyclic amines) is 1. The Hall–Kier alpha value is -2.42. The molecule has 1 heterocycles. The summed E-state index contributed by atoms with van der Waals surface area (Å²) in [5, 5.41) is 20.2. The molecule has 0 spiro atoms. The molecule has 0 aliphatic carbocycles. The summed E-state index contributed by atoms with van der Waals surface area (Å²) < 4.78 is 0. The number of amides is 2. The summed E-state index contributed by atoms with van der Waals surface area (Å²) in [5.74, 6) is -3.51. The van der Waals surface area contributed by atoms with Crippen molar-refractivity contribution in [3.63, 3.8) is 0 Å². The van der Waals surface area contributed by atoms with Gasteiger partial charge >= 0.3 is 11.9 Å². The lowest BCUT2D eigenvalue weighted by Gasteiger charge is -2.37. The molecule has 24 heavy (non-hydrogen) atoms. The van der Waals surface area contributed by atoms with Gasteiger partial charge in [0.05, 0.1) is 6.54 Å². The molecule has 2 atom stereocenters. The van der Waals surface area contributed by atoms with Crippen molar-refractivity contribution >= 4 is 23.8 Å². The van der Waals surface area contributed by atoms with E-state index in [-0.39, 0.29) is 19.4 Å². The third-order valence-corrected chi connectivity index (χ3v) is 4.12. The number of carbonyl (C=O) groups excluding carboxylic acids is 2. The zero-order chi connectivity index (χ0) is 18.3. The molecule has 1 fully saturated rings. The monoisotopic (exact) mass is 341 g/mol. The summed E-state index contributed by atoms with van der Waals surface area (Å²) in [7, 11) is 0. The number of aliphatic carboxylic acids is 2. The van der Waals surface area contributed by atoms with E-state index in [0.717, 1.165) is 0 Å². The number of nitrogens with one attached hydrogen (secondary N) is 1. The second kappa shape index (κ2) is 8.44. The predicted molar refractivity (Wildman–Crippen MR) is 84.0 cm³/mol. The maximum absolute atomic E-state index is 12.7. The molecule has 9 nitrogen and oxygen atoms in total. The average Bonchev–Trinajstić information content (AvgIpc) is 2.95. The molecular weight excluding hydrogens is 318 g/mol. The van der Waals surface area contributed by atoms with E-state index in [1.165, 1.54) is 11.0 Å². The molecule has 134 valence electrons. The fourth-order valence-corrected chi connectivity index (χ4v) is 2.95. The Morgan fingerprint density at radius 1 is 1.33 bits per heavy atom. The van der Waals surface area contributed by atoms with Gasteiger partial charge in [0.15, 0.2) is 0 Å². The molecule has 5 N–H and O–H groups in total. The standard InChI is InChI=1S/C15H23N3O6/c1-2-6-15(7-3-8-18(15)11(19)9-16)14(24)17-10(13(22)23)4-5-12(20)21/h2,10H,1,3-9,16H2,(H,17,24)(H,20,21)(H,22,23)/t10-,15-/m1/s1. The van der Waals surface area contributed by atoms with E-state index in [1.807, 2.05) is 0 Å². The molecule has 2 amide bonds. The molecule has 0 unspecified atom stereocenters. The number of carboxylic acid groups (broad SMARTS) is 2. The van der Waals surface area contributed by atoms with Gasteiger partial charge in [0, 0.05) is 13.0 Å². The van der Waals surface area contributed by atoms with Gasteiger partial charge in [-0.3, -0.25) is 14.4 Å². The van der Waals surface area contributed by atoms with E-state index < -0.39 is 41.8 Å². The second-order valence-corrected chi connectivity index (χ2v) is 5.67. The highest BCUT2D eigenvalue weighted by Crippen LogP contribution is 2.33. The molecule has 1 rings (SSSR count). The first kappa shape index (κ1) is 19.6. The van der Waals surface area contributed by atoms with E-state index in [4.69, 9.17) is 10.8 Å². The van der Waals surface area contributed by atoms with Crippen molar-refractivity contribution in [2.45, 2.75) is 43.7 Å². The van der Waals surface area contributed by atoms with Gasteiger partial charge in [0.2, 0.25) is 11.8 Å². The summed E-state index contributed by atoms with van der Waals surface area (Å²) >= 11 is 0. The largest absolute Gasteiger partial charge is 0.481 e. The van der Waals surface area contributed by atoms with Gasteiger partial charge in [-0.05, 0) is 25.7 Å². The highest BCUT2D eigenvalue weighted by atomic mass is 16.4. The van der Waals surface area contributed by atoms with Crippen molar-refractivity contribution in [2.75, 3.05) is 13.1 Å². The van der Waals surface area contributed by atoms with Crippen molar-refractivity contribution < 1.29 is 29.4 Å². The van der Waals surface area contributed by atoms with Gasteiger partial charge < -0.3 is 26.2 Å². The number of nitrogens with zero attached hydrogens (tertiary/aromatic N) is 1. The number of hydrogen-bond acceptors (Lipinski definition) is 5. The van der Waals surface area contributed by atoms with E-state index >= 15 is 0 Å². The maximum atomic E-state index is 12.7. The highest BCUT2D eigenvalue weighted by Gasteiger charge is 2.49. The molecule has 0 saturated carbocycles.